The highest BCUT2D eigenvalue weighted by atomic mass is 15.1. The van der Waals surface area contributed by atoms with Gasteiger partial charge in [0, 0.05) is 19.2 Å². The van der Waals surface area contributed by atoms with Gasteiger partial charge in [0.2, 0.25) is 0 Å². The summed E-state index contributed by atoms with van der Waals surface area (Å²) in [5.41, 5.74) is 0. The zero-order chi connectivity index (χ0) is 11.5. The minimum Gasteiger partial charge on any atom is -0.373 e. The third kappa shape index (κ3) is 3.08. The number of hydrogen-bond acceptors (Lipinski definition) is 4. The molecule has 16 heavy (non-hydrogen) atoms. The monoisotopic (exact) mass is 220 g/mol. The van der Waals surface area contributed by atoms with Gasteiger partial charge in [-0.25, -0.2) is 9.97 Å². The van der Waals surface area contributed by atoms with E-state index in [4.69, 9.17) is 0 Å². The molecule has 1 aliphatic rings. The van der Waals surface area contributed by atoms with Crippen LogP contribution in [0.3, 0.4) is 0 Å². The molecule has 4 nitrogen and oxygen atoms in total. The Morgan fingerprint density at radius 2 is 2.06 bits per heavy atom. The van der Waals surface area contributed by atoms with Crippen LogP contribution in [0.5, 0.6) is 0 Å². The van der Waals surface area contributed by atoms with Crippen molar-refractivity contribution in [3.05, 3.63) is 11.9 Å². The number of anilines is 2. The average molecular weight is 220 g/mol. The molecular weight excluding hydrogens is 200 g/mol. The molecule has 1 aromatic rings. The summed E-state index contributed by atoms with van der Waals surface area (Å²) in [7, 11) is 1.87. The third-order valence-corrected chi connectivity index (χ3v) is 2.87. The van der Waals surface area contributed by atoms with Crippen LogP contribution in [0.15, 0.2) is 6.07 Å². The Bertz CT molecular complexity index is 360. The van der Waals surface area contributed by atoms with E-state index < -0.39 is 0 Å². The van der Waals surface area contributed by atoms with E-state index in [1.165, 1.54) is 19.3 Å². The Morgan fingerprint density at radius 3 is 2.69 bits per heavy atom. The highest BCUT2D eigenvalue weighted by Gasteiger charge is 2.23. The van der Waals surface area contributed by atoms with E-state index in [1.807, 2.05) is 20.0 Å². The number of hydrogen-bond donors (Lipinski definition) is 2. The SMILES string of the molecule is CNc1cc(NC(C)CC2CC2)nc(C)n1. The molecule has 1 heterocycles. The first-order chi connectivity index (χ1) is 7.67. The Kier molecular flexibility index (Phi) is 3.27. The summed E-state index contributed by atoms with van der Waals surface area (Å²) in [6, 6.07) is 2.45. The van der Waals surface area contributed by atoms with Crippen LogP contribution < -0.4 is 10.6 Å². The summed E-state index contributed by atoms with van der Waals surface area (Å²) in [6.45, 7) is 4.13. The van der Waals surface area contributed by atoms with Crippen LogP contribution in [0, 0.1) is 12.8 Å². The first kappa shape index (κ1) is 11.2. The molecule has 2 N–H and O–H groups in total. The van der Waals surface area contributed by atoms with Crippen LogP contribution in [0.25, 0.3) is 0 Å². The molecule has 88 valence electrons. The lowest BCUT2D eigenvalue weighted by atomic mass is 10.1. The Labute approximate surface area is 96.9 Å². The molecule has 0 saturated heterocycles. The van der Waals surface area contributed by atoms with Gasteiger partial charge >= 0.3 is 0 Å². The molecule has 4 heteroatoms. The summed E-state index contributed by atoms with van der Waals surface area (Å²) >= 11 is 0. The van der Waals surface area contributed by atoms with Gasteiger partial charge in [-0.05, 0) is 26.2 Å². The molecule has 2 rings (SSSR count). The van der Waals surface area contributed by atoms with Crippen LogP contribution in [0.1, 0.15) is 32.0 Å². The van der Waals surface area contributed by atoms with Crippen molar-refractivity contribution in [1.82, 2.24) is 9.97 Å². The summed E-state index contributed by atoms with van der Waals surface area (Å²) in [5, 5.41) is 6.48. The number of aromatic nitrogens is 2. The molecule has 0 bridgehead atoms. The van der Waals surface area contributed by atoms with Gasteiger partial charge < -0.3 is 10.6 Å². The van der Waals surface area contributed by atoms with E-state index in [1.54, 1.807) is 0 Å². The first-order valence-electron chi connectivity index (χ1n) is 5.97. The maximum Gasteiger partial charge on any atom is 0.132 e. The second-order valence-corrected chi connectivity index (χ2v) is 4.66. The van der Waals surface area contributed by atoms with Gasteiger partial charge in [-0.15, -0.1) is 0 Å². The second-order valence-electron chi connectivity index (χ2n) is 4.66. The van der Waals surface area contributed by atoms with Gasteiger partial charge in [0.25, 0.3) is 0 Å². The molecule has 1 atom stereocenters. The summed E-state index contributed by atoms with van der Waals surface area (Å²) in [6.07, 6.45) is 4.05. The predicted octanol–water partition coefficient (Wildman–Crippen LogP) is 2.43. The second kappa shape index (κ2) is 4.68. The predicted molar refractivity (Wildman–Crippen MR) is 66.7 cm³/mol. The fraction of sp³-hybridized carbons (Fsp3) is 0.667. The molecule has 0 radical (unpaired) electrons. The van der Waals surface area contributed by atoms with Crippen LogP contribution >= 0.6 is 0 Å². The lowest BCUT2D eigenvalue weighted by molar-refractivity contribution is 0.639. The maximum atomic E-state index is 4.39. The Morgan fingerprint density at radius 1 is 1.38 bits per heavy atom. The van der Waals surface area contributed by atoms with Crippen LogP contribution in [0.2, 0.25) is 0 Å². The quantitative estimate of drug-likeness (QED) is 0.800. The highest BCUT2D eigenvalue weighted by molar-refractivity contribution is 5.47. The molecular formula is C12H20N4. The minimum atomic E-state index is 0.492. The Hall–Kier alpha value is -1.32. The third-order valence-electron chi connectivity index (χ3n) is 2.87. The van der Waals surface area contributed by atoms with Crippen molar-refractivity contribution >= 4 is 11.6 Å². The van der Waals surface area contributed by atoms with Crippen LogP contribution in [-0.2, 0) is 0 Å². The van der Waals surface area contributed by atoms with Crippen molar-refractivity contribution < 1.29 is 0 Å². The zero-order valence-electron chi connectivity index (χ0n) is 10.2. The van der Waals surface area contributed by atoms with E-state index in [0.717, 1.165) is 23.4 Å². The van der Waals surface area contributed by atoms with E-state index in [9.17, 15) is 0 Å². The van der Waals surface area contributed by atoms with Gasteiger partial charge in [0.1, 0.15) is 17.5 Å². The summed E-state index contributed by atoms with van der Waals surface area (Å²) in [4.78, 5) is 8.66. The number of rotatable bonds is 5. The fourth-order valence-corrected chi connectivity index (χ4v) is 1.93. The number of aryl methyl sites for hydroxylation is 1. The van der Waals surface area contributed by atoms with E-state index in [0.29, 0.717) is 6.04 Å². The number of nitrogens with zero attached hydrogens (tertiary/aromatic N) is 2. The molecule has 0 amide bonds. The van der Waals surface area contributed by atoms with Gasteiger partial charge in [0.15, 0.2) is 0 Å². The fourth-order valence-electron chi connectivity index (χ4n) is 1.93. The van der Waals surface area contributed by atoms with Crippen molar-refractivity contribution in [1.29, 1.82) is 0 Å². The van der Waals surface area contributed by atoms with E-state index in [-0.39, 0.29) is 0 Å². The van der Waals surface area contributed by atoms with Gasteiger partial charge in [-0.1, -0.05) is 12.8 Å². The summed E-state index contributed by atoms with van der Waals surface area (Å²) < 4.78 is 0. The highest BCUT2D eigenvalue weighted by Crippen LogP contribution is 2.34. The first-order valence-corrected chi connectivity index (χ1v) is 5.97. The molecule has 0 spiro atoms. The average Bonchev–Trinajstić information content (AvgIpc) is 3.00. The van der Waals surface area contributed by atoms with Crippen LogP contribution in [-0.4, -0.2) is 23.1 Å². The molecule has 0 aromatic carbocycles. The molecule has 1 unspecified atom stereocenters. The van der Waals surface area contributed by atoms with Gasteiger partial charge in [0.05, 0.1) is 0 Å². The van der Waals surface area contributed by atoms with Crippen LogP contribution in [0.4, 0.5) is 11.6 Å². The standard InChI is InChI=1S/C12H20N4/c1-8(6-10-4-5-10)14-12-7-11(13-3)15-9(2)16-12/h7-8,10H,4-6H2,1-3H3,(H2,13,14,15,16). The lowest BCUT2D eigenvalue weighted by Crippen LogP contribution is -2.17. The lowest BCUT2D eigenvalue weighted by Gasteiger charge is -2.14. The molecule has 1 fully saturated rings. The van der Waals surface area contributed by atoms with Crippen molar-refractivity contribution in [3.8, 4) is 0 Å². The largest absolute Gasteiger partial charge is 0.373 e. The van der Waals surface area contributed by atoms with Crippen molar-refractivity contribution in [2.75, 3.05) is 17.7 Å². The van der Waals surface area contributed by atoms with E-state index in [2.05, 4.69) is 27.5 Å². The summed E-state index contributed by atoms with van der Waals surface area (Å²) in [5.74, 6) is 3.53. The van der Waals surface area contributed by atoms with Crippen molar-refractivity contribution in [3.63, 3.8) is 0 Å². The van der Waals surface area contributed by atoms with Crippen molar-refractivity contribution in [2.24, 2.45) is 5.92 Å². The topological polar surface area (TPSA) is 49.8 Å². The minimum absolute atomic E-state index is 0.492. The van der Waals surface area contributed by atoms with Crippen molar-refractivity contribution in [2.45, 2.75) is 39.2 Å². The molecule has 1 saturated carbocycles. The molecule has 1 aromatic heterocycles. The van der Waals surface area contributed by atoms with Gasteiger partial charge in [-0.2, -0.15) is 0 Å². The number of nitrogens with one attached hydrogen (secondary N) is 2. The smallest absolute Gasteiger partial charge is 0.132 e. The molecule has 0 aliphatic heterocycles. The zero-order valence-corrected chi connectivity index (χ0v) is 10.2. The van der Waals surface area contributed by atoms with Gasteiger partial charge in [-0.3, -0.25) is 0 Å². The van der Waals surface area contributed by atoms with E-state index >= 15 is 0 Å². The Balaban J connectivity index is 1.98. The maximum absolute atomic E-state index is 4.39. The molecule has 1 aliphatic carbocycles. The normalized spacial score (nSPS) is 16.9.